The number of amides is 1. The van der Waals surface area contributed by atoms with Crippen LogP contribution in [-0.2, 0) is 12.2 Å². The van der Waals surface area contributed by atoms with Gasteiger partial charge in [-0.2, -0.15) is 0 Å². The molecule has 27 heavy (non-hydrogen) atoms. The van der Waals surface area contributed by atoms with Crippen molar-refractivity contribution in [2.24, 2.45) is 0 Å². The number of halogens is 1. The number of benzene rings is 3. The summed E-state index contributed by atoms with van der Waals surface area (Å²) in [5.41, 5.74) is 4.09. The molecule has 0 bridgehead atoms. The van der Waals surface area contributed by atoms with E-state index in [4.69, 9.17) is 0 Å². The molecule has 0 aliphatic heterocycles. The molecule has 0 saturated carbocycles. The predicted molar refractivity (Wildman–Crippen MR) is 110 cm³/mol. The Morgan fingerprint density at radius 3 is 2.19 bits per heavy atom. The molecular weight excluding hydrogens is 357 g/mol. The van der Waals surface area contributed by atoms with Gasteiger partial charge < -0.3 is 5.32 Å². The fourth-order valence-corrected chi connectivity index (χ4v) is 3.48. The van der Waals surface area contributed by atoms with E-state index in [-0.39, 0.29) is 11.7 Å². The van der Waals surface area contributed by atoms with E-state index in [9.17, 15) is 9.18 Å². The molecule has 138 valence electrons. The monoisotopic (exact) mass is 379 g/mol. The SMILES string of the molecule is Cc1ccc(SCc2ccc(C(=O)NCCc3ccc(F)cc3)cc2)cc1. The third-order valence-corrected chi connectivity index (χ3v) is 5.34. The second-order valence-corrected chi connectivity index (χ2v) is 7.48. The molecule has 3 aromatic rings. The molecule has 0 heterocycles. The quantitative estimate of drug-likeness (QED) is 0.557. The molecule has 0 aliphatic rings. The first-order valence-corrected chi connectivity index (χ1v) is 9.90. The molecule has 4 heteroatoms. The largest absolute Gasteiger partial charge is 0.352 e. The summed E-state index contributed by atoms with van der Waals surface area (Å²) in [4.78, 5) is 13.5. The first-order valence-electron chi connectivity index (χ1n) is 8.91. The Hall–Kier alpha value is -2.59. The molecule has 0 saturated heterocycles. The Kier molecular flexibility index (Phi) is 6.66. The highest BCUT2D eigenvalue weighted by molar-refractivity contribution is 7.98. The molecule has 0 radical (unpaired) electrons. The van der Waals surface area contributed by atoms with E-state index >= 15 is 0 Å². The topological polar surface area (TPSA) is 29.1 Å². The van der Waals surface area contributed by atoms with Gasteiger partial charge in [-0.15, -0.1) is 11.8 Å². The van der Waals surface area contributed by atoms with Gasteiger partial charge in [-0.25, -0.2) is 4.39 Å². The third-order valence-electron chi connectivity index (χ3n) is 4.26. The van der Waals surface area contributed by atoms with Gasteiger partial charge in [0.25, 0.3) is 5.91 Å². The van der Waals surface area contributed by atoms with Crippen molar-refractivity contribution >= 4 is 17.7 Å². The maximum absolute atomic E-state index is 12.9. The second kappa shape index (κ2) is 9.38. The molecule has 0 atom stereocenters. The van der Waals surface area contributed by atoms with Crippen LogP contribution >= 0.6 is 11.8 Å². The van der Waals surface area contributed by atoms with E-state index in [0.29, 0.717) is 18.5 Å². The van der Waals surface area contributed by atoms with E-state index in [1.807, 2.05) is 24.3 Å². The summed E-state index contributed by atoms with van der Waals surface area (Å²) in [5.74, 6) is 0.536. The van der Waals surface area contributed by atoms with Crippen molar-refractivity contribution in [2.75, 3.05) is 6.54 Å². The van der Waals surface area contributed by atoms with Crippen LogP contribution in [-0.4, -0.2) is 12.5 Å². The molecule has 1 amide bonds. The van der Waals surface area contributed by atoms with Crippen LogP contribution in [0.3, 0.4) is 0 Å². The lowest BCUT2D eigenvalue weighted by atomic mass is 10.1. The number of carbonyl (C=O) groups is 1. The average molecular weight is 380 g/mol. The normalized spacial score (nSPS) is 10.6. The van der Waals surface area contributed by atoms with Crippen LogP contribution in [0.4, 0.5) is 4.39 Å². The number of rotatable bonds is 7. The Morgan fingerprint density at radius 2 is 1.52 bits per heavy atom. The van der Waals surface area contributed by atoms with Crippen LogP contribution in [0.15, 0.2) is 77.7 Å². The number of hydrogen-bond acceptors (Lipinski definition) is 2. The minimum absolute atomic E-state index is 0.0881. The van der Waals surface area contributed by atoms with E-state index in [1.165, 1.54) is 28.2 Å². The van der Waals surface area contributed by atoms with Crippen LogP contribution in [0, 0.1) is 12.7 Å². The lowest BCUT2D eigenvalue weighted by molar-refractivity contribution is 0.0954. The maximum Gasteiger partial charge on any atom is 0.251 e. The average Bonchev–Trinajstić information content (AvgIpc) is 2.69. The lowest BCUT2D eigenvalue weighted by Crippen LogP contribution is -2.25. The van der Waals surface area contributed by atoms with E-state index in [1.54, 1.807) is 23.9 Å². The second-order valence-electron chi connectivity index (χ2n) is 6.43. The molecule has 3 rings (SSSR count). The van der Waals surface area contributed by atoms with Crippen LogP contribution < -0.4 is 5.32 Å². The van der Waals surface area contributed by atoms with E-state index in [2.05, 4.69) is 36.5 Å². The minimum atomic E-state index is -0.247. The van der Waals surface area contributed by atoms with E-state index < -0.39 is 0 Å². The van der Waals surface area contributed by atoms with Crippen LogP contribution in [0.2, 0.25) is 0 Å². The molecule has 0 aliphatic carbocycles. The number of nitrogens with one attached hydrogen (secondary N) is 1. The smallest absolute Gasteiger partial charge is 0.251 e. The van der Waals surface area contributed by atoms with Gasteiger partial charge in [-0.05, 0) is 60.9 Å². The molecule has 0 aromatic heterocycles. The van der Waals surface area contributed by atoms with Gasteiger partial charge in [0.15, 0.2) is 0 Å². The minimum Gasteiger partial charge on any atom is -0.352 e. The summed E-state index contributed by atoms with van der Waals surface area (Å²) in [7, 11) is 0. The zero-order chi connectivity index (χ0) is 19.1. The van der Waals surface area contributed by atoms with Crippen molar-refractivity contribution in [1.82, 2.24) is 5.32 Å². The van der Waals surface area contributed by atoms with Gasteiger partial charge in [0, 0.05) is 22.8 Å². The fraction of sp³-hybridized carbons (Fsp3) is 0.174. The van der Waals surface area contributed by atoms with Gasteiger partial charge in [-0.1, -0.05) is 42.0 Å². The number of carbonyl (C=O) groups excluding carboxylic acids is 1. The number of thioether (sulfide) groups is 1. The molecule has 0 spiro atoms. The van der Waals surface area contributed by atoms with Crippen LogP contribution in [0.5, 0.6) is 0 Å². The maximum atomic E-state index is 12.9. The Bertz CT molecular complexity index is 874. The molecule has 3 aromatic carbocycles. The Balaban J connectivity index is 1.46. The first-order chi connectivity index (χ1) is 13.1. The predicted octanol–water partition coefficient (Wildman–Crippen LogP) is 5.40. The summed E-state index contributed by atoms with van der Waals surface area (Å²) in [5, 5.41) is 2.91. The molecule has 0 fully saturated rings. The van der Waals surface area contributed by atoms with Gasteiger partial charge >= 0.3 is 0 Å². The van der Waals surface area contributed by atoms with Crippen molar-refractivity contribution in [3.05, 3.63) is 101 Å². The van der Waals surface area contributed by atoms with Crippen molar-refractivity contribution in [3.63, 3.8) is 0 Å². The highest BCUT2D eigenvalue weighted by Gasteiger charge is 2.05. The third kappa shape index (κ3) is 5.97. The highest BCUT2D eigenvalue weighted by Crippen LogP contribution is 2.23. The molecule has 2 nitrogen and oxygen atoms in total. The number of hydrogen-bond donors (Lipinski definition) is 1. The van der Waals surface area contributed by atoms with E-state index in [0.717, 1.165) is 11.3 Å². The molecule has 1 N–H and O–H groups in total. The summed E-state index contributed by atoms with van der Waals surface area (Å²) in [6.45, 7) is 2.60. The fourth-order valence-electron chi connectivity index (χ4n) is 2.63. The zero-order valence-electron chi connectivity index (χ0n) is 15.2. The number of aryl methyl sites for hydroxylation is 1. The standard InChI is InChI=1S/C23H22FNOS/c1-17-2-12-22(13-3-17)27-16-19-4-8-20(9-5-19)23(26)25-15-14-18-6-10-21(24)11-7-18/h2-13H,14-16H2,1H3,(H,25,26). The lowest BCUT2D eigenvalue weighted by Gasteiger charge is -2.07. The summed E-state index contributed by atoms with van der Waals surface area (Å²) < 4.78 is 12.9. The van der Waals surface area contributed by atoms with Gasteiger partial charge in [0.2, 0.25) is 0 Å². The Morgan fingerprint density at radius 1 is 0.889 bits per heavy atom. The Labute approximate surface area is 163 Å². The highest BCUT2D eigenvalue weighted by atomic mass is 32.2. The van der Waals surface area contributed by atoms with Gasteiger partial charge in [0.05, 0.1) is 0 Å². The van der Waals surface area contributed by atoms with Crippen molar-refractivity contribution in [2.45, 2.75) is 24.0 Å². The van der Waals surface area contributed by atoms with Gasteiger partial charge in [0.1, 0.15) is 5.82 Å². The van der Waals surface area contributed by atoms with Crippen LogP contribution in [0.25, 0.3) is 0 Å². The molecular formula is C23H22FNOS. The van der Waals surface area contributed by atoms with Crippen LogP contribution in [0.1, 0.15) is 27.0 Å². The van der Waals surface area contributed by atoms with Crippen molar-refractivity contribution in [3.8, 4) is 0 Å². The summed E-state index contributed by atoms with van der Waals surface area (Å²) in [6, 6.07) is 22.5. The van der Waals surface area contributed by atoms with Crippen molar-refractivity contribution < 1.29 is 9.18 Å². The molecule has 0 unspecified atom stereocenters. The summed E-state index contributed by atoms with van der Waals surface area (Å²) >= 11 is 1.78. The van der Waals surface area contributed by atoms with Gasteiger partial charge in [-0.3, -0.25) is 4.79 Å². The zero-order valence-corrected chi connectivity index (χ0v) is 16.1. The van der Waals surface area contributed by atoms with Crippen molar-refractivity contribution in [1.29, 1.82) is 0 Å². The first kappa shape index (κ1) is 19.2. The summed E-state index contributed by atoms with van der Waals surface area (Å²) in [6.07, 6.45) is 0.678.